The van der Waals surface area contributed by atoms with Gasteiger partial charge in [0, 0.05) is 56.9 Å². The highest BCUT2D eigenvalue weighted by molar-refractivity contribution is 7.15. The number of hydrogen-bond donors (Lipinski definition) is 1. The maximum absolute atomic E-state index is 4.60. The second kappa shape index (κ2) is 8.68. The molecule has 1 saturated heterocycles. The lowest BCUT2D eigenvalue weighted by Crippen LogP contribution is -2.48. The van der Waals surface area contributed by atoms with E-state index in [-0.39, 0.29) is 0 Å². The van der Waals surface area contributed by atoms with Gasteiger partial charge in [-0.05, 0) is 27.1 Å². The van der Waals surface area contributed by atoms with Gasteiger partial charge in [0.15, 0.2) is 5.13 Å². The van der Waals surface area contributed by atoms with E-state index < -0.39 is 0 Å². The average molecular weight is 311 g/mol. The second-order valence-corrected chi connectivity index (χ2v) is 7.01. The molecule has 0 amide bonds. The fourth-order valence-electron chi connectivity index (χ4n) is 2.42. The summed E-state index contributed by atoms with van der Waals surface area (Å²) in [6.45, 7) is 11.0. The predicted octanol–water partition coefficient (Wildman–Crippen LogP) is 1.33. The third kappa shape index (κ3) is 5.54. The molecule has 0 spiro atoms. The topological polar surface area (TPSA) is 34.6 Å². The molecule has 6 heteroatoms. The summed E-state index contributed by atoms with van der Waals surface area (Å²) in [7, 11) is 4.28. The van der Waals surface area contributed by atoms with Gasteiger partial charge in [-0.2, -0.15) is 0 Å². The van der Waals surface area contributed by atoms with Gasteiger partial charge in [-0.3, -0.25) is 4.90 Å². The van der Waals surface area contributed by atoms with E-state index in [1.165, 1.54) is 23.0 Å². The summed E-state index contributed by atoms with van der Waals surface area (Å²) in [4.78, 5) is 13.2. The standard InChI is InChI=1S/C15H29N5S/c1-4-5-16-12-14-13-17-15(21-14)20-10-8-19(9-11-20)7-6-18(2)3/h13,16H,4-12H2,1-3H3. The zero-order valence-electron chi connectivity index (χ0n) is 13.6. The fourth-order valence-corrected chi connectivity index (χ4v) is 3.35. The normalized spacial score (nSPS) is 16.9. The average Bonchev–Trinajstić information content (AvgIpc) is 2.95. The van der Waals surface area contributed by atoms with E-state index in [0.29, 0.717) is 0 Å². The van der Waals surface area contributed by atoms with Crippen LogP contribution in [0, 0.1) is 0 Å². The first-order valence-corrected chi connectivity index (χ1v) is 8.78. The van der Waals surface area contributed by atoms with Crippen LogP contribution in [0.3, 0.4) is 0 Å². The number of aromatic nitrogens is 1. The summed E-state index contributed by atoms with van der Waals surface area (Å²) >= 11 is 1.83. The van der Waals surface area contributed by atoms with E-state index >= 15 is 0 Å². The molecule has 1 aromatic rings. The Morgan fingerprint density at radius 2 is 2.05 bits per heavy atom. The molecule has 1 aliphatic rings. The zero-order valence-corrected chi connectivity index (χ0v) is 14.5. The van der Waals surface area contributed by atoms with Crippen molar-refractivity contribution in [2.24, 2.45) is 0 Å². The molecule has 2 heterocycles. The Morgan fingerprint density at radius 1 is 1.29 bits per heavy atom. The van der Waals surface area contributed by atoms with Crippen molar-refractivity contribution in [2.75, 3.05) is 64.8 Å². The summed E-state index contributed by atoms with van der Waals surface area (Å²) in [6, 6.07) is 0. The van der Waals surface area contributed by atoms with Crippen LogP contribution in [0.4, 0.5) is 5.13 Å². The van der Waals surface area contributed by atoms with Gasteiger partial charge < -0.3 is 15.1 Å². The minimum absolute atomic E-state index is 0.953. The van der Waals surface area contributed by atoms with Crippen molar-refractivity contribution < 1.29 is 0 Å². The number of likely N-dealkylation sites (N-methyl/N-ethyl adjacent to an activating group) is 1. The van der Waals surface area contributed by atoms with Gasteiger partial charge in [-0.15, -0.1) is 11.3 Å². The van der Waals surface area contributed by atoms with E-state index in [2.05, 4.69) is 46.0 Å². The van der Waals surface area contributed by atoms with Crippen LogP contribution in [0.2, 0.25) is 0 Å². The minimum Gasteiger partial charge on any atom is -0.346 e. The minimum atomic E-state index is 0.953. The molecule has 0 aromatic carbocycles. The fraction of sp³-hybridized carbons (Fsp3) is 0.800. The van der Waals surface area contributed by atoms with Gasteiger partial charge in [0.05, 0.1) is 0 Å². The molecule has 1 aliphatic heterocycles. The molecule has 1 fully saturated rings. The highest BCUT2D eigenvalue weighted by Gasteiger charge is 2.19. The van der Waals surface area contributed by atoms with Crippen LogP contribution in [0.15, 0.2) is 6.20 Å². The van der Waals surface area contributed by atoms with Gasteiger partial charge >= 0.3 is 0 Å². The molecular formula is C15H29N5S. The van der Waals surface area contributed by atoms with Crippen molar-refractivity contribution >= 4 is 16.5 Å². The highest BCUT2D eigenvalue weighted by Crippen LogP contribution is 2.23. The molecule has 0 unspecified atom stereocenters. The number of rotatable bonds is 8. The van der Waals surface area contributed by atoms with Crippen LogP contribution in [-0.2, 0) is 6.54 Å². The summed E-state index contributed by atoms with van der Waals surface area (Å²) < 4.78 is 0. The number of hydrogen-bond acceptors (Lipinski definition) is 6. The molecule has 1 N–H and O–H groups in total. The van der Waals surface area contributed by atoms with Gasteiger partial charge in [-0.1, -0.05) is 6.92 Å². The molecule has 1 aromatic heterocycles. The van der Waals surface area contributed by atoms with E-state index in [0.717, 1.165) is 45.8 Å². The summed E-state index contributed by atoms with van der Waals surface area (Å²) in [5, 5.41) is 4.63. The Balaban J connectivity index is 1.74. The highest BCUT2D eigenvalue weighted by atomic mass is 32.1. The van der Waals surface area contributed by atoms with E-state index in [9.17, 15) is 0 Å². The Morgan fingerprint density at radius 3 is 2.71 bits per heavy atom. The predicted molar refractivity (Wildman–Crippen MR) is 91.3 cm³/mol. The number of thiazole rings is 1. The molecule has 21 heavy (non-hydrogen) atoms. The Kier molecular flexibility index (Phi) is 6.89. The molecule has 0 bridgehead atoms. The number of nitrogens with zero attached hydrogens (tertiary/aromatic N) is 4. The van der Waals surface area contributed by atoms with Crippen molar-refractivity contribution in [3.8, 4) is 0 Å². The molecule has 0 aliphatic carbocycles. The van der Waals surface area contributed by atoms with Crippen LogP contribution in [-0.4, -0.2) is 74.7 Å². The molecule has 0 saturated carbocycles. The Labute approximate surface area is 132 Å². The summed E-state index contributed by atoms with van der Waals surface area (Å²) in [6.07, 6.45) is 3.21. The van der Waals surface area contributed by atoms with Gasteiger partial charge in [0.25, 0.3) is 0 Å². The van der Waals surface area contributed by atoms with Gasteiger partial charge in [0.1, 0.15) is 0 Å². The molecule has 0 atom stereocenters. The maximum atomic E-state index is 4.60. The molecule has 0 radical (unpaired) electrons. The quantitative estimate of drug-likeness (QED) is 0.733. The van der Waals surface area contributed by atoms with E-state index in [1.54, 1.807) is 0 Å². The van der Waals surface area contributed by atoms with Crippen molar-refractivity contribution in [3.05, 3.63) is 11.1 Å². The molecule has 5 nitrogen and oxygen atoms in total. The van der Waals surface area contributed by atoms with Crippen LogP contribution in [0.5, 0.6) is 0 Å². The molecular weight excluding hydrogens is 282 g/mol. The summed E-state index contributed by atoms with van der Waals surface area (Å²) in [5.41, 5.74) is 0. The zero-order chi connectivity index (χ0) is 15.1. The van der Waals surface area contributed by atoms with Crippen molar-refractivity contribution in [1.29, 1.82) is 0 Å². The van der Waals surface area contributed by atoms with Crippen LogP contribution in [0.25, 0.3) is 0 Å². The maximum Gasteiger partial charge on any atom is 0.185 e. The third-order valence-electron chi connectivity index (χ3n) is 3.77. The Hall–Kier alpha value is -0.690. The van der Waals surface area contributed by atoms with E-state index in [1.807, 2.05) is 17.5 Å². The largest absolute Gasteiger partial charge is 0.346 e. The van der Waals surface area contributed by atoms with Gasteiger partial charge in [-0.25, -0.2) is 4.98 Å². The number of nitrogens with one attached hydrogen (secondary N) is 1. The van der Waals surface area contributed by atoms with Crippen LogP contribution in [0.1, 0.15) is 18.2 Å². The smallest absolute Gasteiger partial charge is 0.185 e. The number of piperazine rings is 1. The lowest BCUT2D eigenvalue weighted by molar-refractivity contribution is 0.229. The first-order chi connectivity index (χ1) is 10.2. The molecule has 120 valence electrons. The second-order valence-electron chi connectivity index (χ2n) is 5.92. The summed E-state index contributed by atoms with van der Waals surface area (Å²) in [5.74, 6) is 0. The van der Waals surface area contributed by atoms with Crippen LogP contribution >= 0.6 is 11.3 Å². The first kappa shape index (κ1) is 16.7. The monoisotopic (exact) mass is 311 g/mol. The first-order valence-electron chi connectivity index (χ1n) is 7.96. The Bertz CT molecular complexity index is 399. The van der Waals surface area contributed by atoms with E-state index in [4.69, 9.17) is 0 Å². The number of anilines is 1. The van der Waals surface area contributed by atoms with Crippen LogP contribution < -0.4 is 10.2 Å². The van der Waals surface area contributed by atoms with Crippen molar-refractivity contribution in [3.63, 3.8) is 0 Å². The third-order valence-corrected chi connectivity index (χ3v) is 4.83. The van der Waals surface area contributed by atoms with Crippen molar-refractivity contribution in [1.82, 2.24) is 20.1 Å². The molecule has 2 rings (SSSR count). The lowest BCUT2D eigenvalue weighted by atomic mass is 10.3. The van der Waals surface area contributed by atoms with Gasteiger partial charge in [0.2, 0.25) is 0 Å². The lowest BCUT2D eigenvalue weighted by Gasteiger charge is -2.35. The van der Waals surface area contributed by atoms with Crippen molar-refractivity contribution in [2.45, 2.75) is 19.9 Å². The SMILES string of the molecule is CCCNCc1cnc(N2CCN(CCN(C)C)CC2)s1.